The van der Waals surface area contributed by atoms with Gasteiger partial charge in [0.05, 0.1) is 12.0 Å². The van der Waals surface area contributed by atoms with Crippen molar-refractivity contribution in [3.05, 3.63) is 35.6 Å². The summed E-state index contributed by atoms with van der Waals surface area (Å²) in [4.78, 5) is 25.8. The Labute approximate surface area is 124 Å². The van der Waals surface area contributed by atoms with Crippen LogP contribution in [0.2, 0.25) is 0 Å². The number of carbonyl (C=O) groups excluding carboxylic acids is 2. The molecule has 1 saturated heterocycles. The first-order valence-electron chi connectivity index (χ1n) is 7.22. The maximum Gasteiger partial charge on any atom is 0.225 e. The van der Waals surface area contributed by atoms with Gasteiger partial charge >= 0.3 is 0 Å². The van der Waals surface area contributed by atoms with Gasteiger partial charge in [0, 0.05) is 25.1 Å². The molecule has 0 unspecified atom stereocenters. The Morgan fingerprint density at radius 2 is 2.05 bits per heavy atom. The molecule has 2 rings (SSSR count). The second kappa shape index (κ2) is 6.24. The van der Waals surface area contributed by atoms with Gasteiger partial charge in [0.15, 0.2) is 0 Å². The number of piperidine rings is 1. The smallest absolute Gasteiger partial charge is 0.225 e. The first-order chi connectivity index (χ1) is 9.91. The lowest BCUT2D eigenvalue weighted by atomic mass is 9.83. The molecule has 1 aliphatic heterocycles. The van der Waals surface area contributed by atoms with Crippen molar-refractivity contribution in [3.63, 3.8) is 0 Å². The van der Waals surface area contributed by atoms with Crippen molar-refractivity contribution in [3.8, 4) is 0 Å². The highest BCUT2D eigenvalue weighted by Gasteiger charge is 2.39. The molecule has 2 amide bonds. The second-order valence-corrected chi connectivity index (χ2v) is 5.78. The summed E-state index contributed by atoms with van der Waals surface area (Å²) in [5.41, 5.74) is 0.400. The van der Waals surface area contributed by atoms with Crippen molar-refractivity contribution in [1.82, 2.24) is 10.2 Å². The Hall–Kier alpha value is -1.91. The summed E-state index contributed by atoms with van der Waals surface area (Å²) < 4.78 is 14.1. The third-order valence-electron chi connectivity index (χ3n) is 3.85. The number of nitrogens with zero attached hydrogens (tertiary/aromatic N) is 1. The fraction of sp³-hybridized carbons (Fsp3) is 0.500. The van der Waals surface area contributed by atoms with E-state index in [1.807, 2.05) is 13.8 Å². The molecule has 114 valence electrons. The lowest BCUT2D eigenvalue weighted by Crippen LogP contribution is -2.47. The van der Waals surface area contributed by atoms with Crippen LogP contribution in [0.3, 0.4) is 0 Å². The Kier molecular flexibility index (Phi) is 4.60. The van der Waals surface area contributed by atoms with Crippen LogP contribution in [0.15, 0.2) is 24.3 Å². The van der Waals surface area contributed by atoms with E-state index in [-0.39, 0.29) is 23.7 Å². The highest BCUT2D eigenvalue weighted by molar-refractivity contribution is 5.85. The molecule has 1 heterocycles. The fourth-order valence-corrected chi connectivity index (χ4v) is 2.84. The van der Waals surface area contributed by atoms with Gasteiger partial charge in [-0.1, -0.05) is 18.2 Å². The summed E-state index contributed by atoms with van der Waals surface area (Å²) in [5, 5.41) is 2.87. The maximum atomic E-state index is 14.1. The van der Waals surface area contributed by atoms with E-state index in [2.05, 4.69) is 5.32 Å². The van der Waals surface area contributed by atoms with E-state index in [9.17, 15) is 14.0 Å². The number of likely N-dealkylation sites (tertiary alicyclic amines) is 1. The number of amides is 2. The molecule has 0 spiro atoms. The quantitative estimate of drug-likeness (QED) is 0.929. The zero-order valence-corrected chi connectivity index (χ0v) is 12.6. The maximum absolute atomic E-state index is 14.1. The SMILES string of the molecule is CC(C)NC(=O)[C@@H]1CCC(=O)N(C)[C@H]1c1ccccc1F. The first kappa shape index (κ1) is 15.5. The highest BCUT2D eigenvalue weighted by atomic mass is 19.1. The normalized spacial score (nSPS) is 22.5. The van der Waals surface area contributed by atoms with Gasteiger partial charge in [0.1, 0.15) is 5.82 Å². The van der Waals surface area contributed by atoms with Crippen LogP contribution >= 0.6 is 0 Å². The van der Waals surface area contributed by atoms with Crippen molar-refractivity contribution in [2.45, 2.75) is 38.8 Å². The molecule has 1 N–H and O–H groups in total. The van der Waals surface area contributed by atoms with Crippen LogP contribution in [0.25, 0.3) is 0 Å². The molecular weight excluding hydrogens is 271 g/mol. The van der Waals surface area contributed by atoms with Crippen LogP contribution in [0, 0.1) is 11.7 Å². The van der Waals surface area contributed by atoms with E-state index in [1.54, 1.807) is 25.2 Å². The van der Waals surface area contributed by atoms with Crippen molar-refractivity contribution >= 4 is 11.8 Å². The highest BCUT2D eigenvalue weighted by Crippen LogP contribution is 2.36. The monoisotopic (exact) mass is 292 g/mol. The van der Waals surface area contributed by atoms with E-state index in [4.69, 9.17) is 0 Å². The van der Waals surface area contributed by atoms with Crippen LogP contribution < -0.4 is 5.32 Å². The number of halogens is 1. The molecular formula is C16H21FN2O2. The average molecular weight is 292 g/mol. The summed E-state index contributed by atoms with van der Waals surface area (Å²) in [6, 6.07) is 5.80. The number of hydrogen-bond donors (Lipinski definition) is 1. The summed E-state index contributed by atoms with van der Waals surface area (Å²) in [6.45, 7) is 3.77. The van der Waals surface area contributed by atoms with E-state index in [0.29, 0.717) is 18.4 Å². The van der Waals surface area contributed by atoms with Crippen LogP contribution in [0.4, 0.5) is 4.39 Å². The van der Waals surface area contributed by atoms with Crippen LogP contribution in [-0.4, -0.2) is 29.8 Å². The zero-order chi connectivity index (χ0) is 15.6. The van der Waals surface area contributed by atoms with Crippen molar-refractivity contribution in [1.29, 1.82) is 0 Å². The molecule has 0 saturated carbocycles. The molecule has 0 bridgehead atoms. The number of benzene rings is 1. The van der Waals surface area contributed by atoms with Crippen molar-refractivity contribution in [2.75, 3.05) is 7.05 Å². The van der Waals surface area contributed by atoms with E-state index in [1.165, 1.54) is 11.0 Å². The topological polar surface area (TPSA) is 49.4 Å². The predicted octanol–water partition coefficient (Wildman–Crippen LogP) is 2.26. The third kappa shape index (κ3) is 3.23. The van der Waals surface area contributed by atoms with Gasteiger partial charge in [-0.15, -0.1) is 0 Å². The van der Waals surface area contributed by atoms with Crippen LogP contribution in [-0.2, 0) is 9.59 Å². The molecule has 4 nitrogen and oxygen atoms in total. The molecule has 1 aromatic rings. The number of carbonyl (C=O) groups is 2. The minimum atomic E-state index is -0.550. The molecule has 1 fully saturated rings. The minimum Gasteiger partial charge on any atom is -0.354 e. The Balaban J connectivity index is 2.36. The second-order valence-electron chi connectivity index (χ2n) is 5.78. The van der Waals surface area contributed by atoms with E-state index in [0.717, 1.165) is 0 Å². The number of nitrogens with one attached hydrogen (secondary N) is 1. The van der Waals surface area contributed by atoms with E-state index >= 15 is 0 Å². The average Bonchev–Trinajstić information content (AvgIpc) is 2.42. The van der Waals surface area contributed by atoms with E-state index < -0.39 is 12.0 Å². The summed E-state index contributed by atoms with van der Waals surface area (Å²) in [7, 11) is 1.63. The molecule has 5 heteroatoms. The predicted molar refractivity (Wildman–Crippen MR) is 77.9 cm³/mol. The zero-order valence-electron chi connectivity index (χ0n) is 12.6. The summed E-state index contributed by atoms with van der Waals surface area (Å²) >= 11 is 0. The Morgan fingerprint density at radius 3 is 2.67 bits per heavy atom. The minimum absolute atomic E-state index is 0.0155. The molecule has 21 heavy (non-hydrogen) atoms. The number of hydrogen-bond acceptors (Lipinski definition) is 2. The molecule has 0 radical (unpaired) electrons. The van der Waals surface area contributed by atoms with Gasteiger partial charge in [-0.2, -0.15) is 0 Å². The largest absolute Gasteiger partial charge is 0.354 e. The lowest BCUT2D eigenvalue weighted by molar-refractivity contribution is -0.141. The molecule has 1 aliphatic rings. The lowest BCUT2D eigenvalue weighted by Gasteiger charge is -2.38. The van der Waals surface area contributed by atoms with Gasteiger partial charge in [-0.25, -0.2) is 4.39 Å². The standard InChI is InChI=1S/C16H21FN2O2/c1-10(2)18-16(21)12-8-9-14(20)19(3)15(12)11-6-4-5-7-13(11)17/h4-7,10,12,15H,8-9H2,1-3H3,(H,18,21)/t12-,15+/m1/s1. The molecule has 1 aromatic carbocycles. The van der Waals surface area contributed by atoms with Gasteiger partial charge in [-0.3, -0.25) is 9.59 Å². The number of rotatable bonds is 3. The first-order valence-corrected chi connectivity index (χ1v) is 7.22. The Morgan fingerprint density at radius 1 is 1.38 bits per heavy atom. The van der Waals surface area contributed by atoms with Crippen LogP contribution in [0.1, 0.15) is 38.3 Å². The Bertz CT molecular complexity index is 545. The van der Waals surface area contributed by atoms with Crippen LogP contribution in [0.5, 0.6) is 0 Å². The van der Waals surface area contributed by atoms with Gasteiger partial charge in [0.2, 0.25) is 11.8 Å². The summed E-state index contributed by atoms with van der Waals surface area (Å²) in [5.74, 6) is -0.993. The third-order valence-corrected chi connectivity index (χ3v) is 3.85. The van der Waals surface area contributed by atoms with Gasteiger partial charge in [-0.05, 0) is 26.3 Å². The van der Waals surface area contributed by atoms with Crippen molar-refractivity contribution in [2.24, 2.45) is 5.92 Å². The molecule has 0 aromatic heterocycles. The summed E-state index contributed by atoms with van der Waals surface area (Å²) in [6.07, 6.45) is 0.762. The van der Waals surface area contributed by atoms with Crippen molar-refractivity contribution < 1.29 is 14.0 Å². The fourth-order valence-electron chi connectivity index (χ4n) is 2.84. The van der Waals surface area contributed by atoms with Gasteiger partial charge in [0.25, 0.3) is 0 Å². The molecule has 0 aliphatic carbocycles. The van der Waals surface area contributed by atoms with Gasteiger partial charge < -0.3 is 10.2 Å². The molecule has 2 atom stereocenters.